The van der Waals surface area contributed by atoms with E-state index in [9.17, 15) is 9.00 Å². The monoisotopic (exact) mass is 527 g/mol. The van der Waals surface area contributed by atoms with Crippen molar-refractivity contribution in [3.05, 3.63) is 76.0 Å². The molecule has 6 heteroatoms. The molecular formula is C32H35N2O3S+. The zero-order chi connectivity index (χ0) is 26.6. The number of carbonyl (C=O) groups excluding carboxylic acids is 1. The van der Waals surface area contributed by atoms with Crippen LogP contribution in [0.3, 0.4) is 0 Å². The van der Waals surface area contributed by atoms with Gasteiger partial charge in [0.05, 0.1) is 17.6 Å². The van der Waals surface area contributed by atoms with Gasteiger partial charge >= 0.3 is 0 Å². The van der Waals surface area contributed by atoms with E-state index in [1.54, 1.807) is 6.26 Å². The zero-order valence-electron chi connectivity index (χ0n) is 22.8. The SMILES string of the molecule is CS(=O)c1ccc2c(c1)C(C)(C)C1=[N+]2CCC2OC3CCN4C(=C3C=C12)C(C)(C)c1cc(CC=O)ccc14. The molecule has 5 heterocycles. The topological polar surface area (TPSA) is 49.6 Å². The van der Waals surface area contributed by atoms with Crippen molar-refractivity contribution >= 4 is 34.2 Å². The number of benzene rings is 2. The Morgan fingerprint density at radius 2 is 1.87 bits per heavy atom. The van der Waals surface area contributed by atoms with Crippen molar-refractivity contribution in [3.8, 4) is 0 Å². The highest BCUT2D eigenvalue weighted by molar-refractivity contribution is 7.84. The minimum absolute atomic E-state index is 0.0987. The molecule has 0 amide bonds. The van der Waals surface area contributed by atoms with E-state index in [1.165, 1.54) is 45.1 Å². The molecule has 196 valence electrons. The van der Waals surface area contributed by atoms with E-state index in [1.807, 2.05) is 6.07 Å². The summed E-state index contributed by atoms with van der Waals surface area (Å²) in [7, 11) is -1.01. The van der Waals surface area contributed by atoms with Gasteiger partial charge in [0, 0.05) is 80.9 Å². The second-order valence-electron chi connectivity index (χ2n) is 12.4. The maximum atomic E-state index is 12.3. The van der Waals surface area contributed by atoms with Gasteiger partial charge in [-0.1, -0.05) is 26.0 Å². The Morgan fingerprint density at radius 3 is 2.63 bits per heavy atom. The van der Waals surface area contributed by atoms with Crippen LogP contribution in [0.25, 0.3) is 0 Å². The van der Waals surface area contributed by atoms with Gasteiger partial charge in [-0.15, -0.1) is 0 Å². The van der Waals surface area contributed by atoms with Gasteiger partial charge < -0.3 is 14.4 Å². The Balaban J connectivity index is 1.39. The molecule has 0 saturated carbocycles. The van der Waals surface area contributed by atoms with Crippen LogP contribution < -0.4 is 4.90 Å². The average Bonchev–Trinajstić information content (AvgIpc) is 3.27. The number of carbonyl (C=O) groups is 1. The lowest BCUT2D eigenvalue weighted by molar-refractivity contribution is -0.445. The summed E-state index contributed by atoms with van der Waals surface area (Å²) in [6.45, 7) is 11.1. The molecule has 0 bridgehead atoms. The zero-order valence-corrected chi connectivity index (χ0v) is 23.7. The van der Waals surface area contributed by atoms with Crippen molar-refractivity contribution < 1.29 is 18.3 Å². The molecule has 0 N–H and O–H groups in total. The van der Waals surface area contributed by atoms with Crippen LogP contribution in [0.15, 0.2) is 64.2 Å². The summed E-state index contributed by atoms with van der Waals surface area (Å²) in [6, 6.07) is 12.9. The highest BCUT2D eigenvalue weighted by Crippen LogP contribution is 2.54. The van der Waals surface area contributed by atoms with E-state index in [-0.39, 0.29) is 23.0 Å². The lowest BCUT2D eigenvalue weighted by atomic mass is 9.74. The van der Waals surface area contributed by atoms with Gasteiger partial charge in [-0.05, 0) is 55.7 Å². The molecular weight excluding hydrogens is 492 g/mol. The number of fused-ring (bicyclic) bond motifs is 8. The molecule has 2 aromatic rings. The highest BCUT2D eigenvalue weighted by Gasteiger charge is 2.54. The Kier molecular flexibility index (Phi) is 5.16. The number of hydrogen-bond acceptors (Lipinski definition) is 4. The average molecular weight is 528 g/mol. The molecule has 5 aliphatic heterocycles. The van der Waals surface area contributed by atoms with E-state index in [2.05, 4.69) is 73.6 Å². The Hall–Kier alpha value is -2.83. The molecule has 5 nitrogen and oxygen atoms in total. The van der Waals surface area contributed by atoms with Crippen molar-refractivity contribution in [1.29, 1.82) is 0 Å². The van der Waals surface area contributed by atoms with Crippen LogP contribution in [0.2, 0.25) is 0 Å². The lowest BCUT2D eigenvalue weighted by Gasteiger charge is -2.42. The first-order chi connectivity index (χ1) is 18.1. The molecule has 3 unspecified atom stereocenters. The second-order valence-corrected chi connectivity index (χ2v) is 13.7. The highest BCUT2D eigenvalue weighted by atomic mass is 32.2. The summed E-state index contributed by atoms with van der Waals surface area (Å²) in [5.74, 6) is 0. The molecule has 38 heavy (non-hydrogen) atoms. The Bertz CT molecular complexity index is 1540. The quantitative estimate of drug-likeness (QED) is 0.412. The molecule has 0 spiro atoms. The standard InChI is InChI=1S/C32H35N2O3S/c1-31(2)23-16-19(12-15-35)6-8-25(23)33-13-10-27-21(29(31)33)18-22-28(37-27)11-14-34-26-9-7-20(38(5)36)17-24(26)32(3,4)30(22)34/h6-9,15-18,27-28H,10-14H2,1-5H3/q+1. The number of anilines is 1. The molecule has 2 aromatic carbocycles. The normalized spacial score (nSPS) is 26.6. The molecule has 0 aliphatic carbocycles. The van der Waals surface area contributed by atoms with E-state index in [0.29, 0.717) is 6.42 Å². The van der Waals surface area contributed by atoms with Crippen LogP contribution in [0.5, 0.6) is 0 Å². The van der Waals surface area contributed by atoms with Gasteiger partial charge in [-0.25, -0.2) is 0 Å². The van der Waals surface area contributed by atoms with E-state index < -0.39 is 10.8 Å². The lowest BCUT2D eigenvalue weighted by Crippen LogP contribution is -2.47. The van der Waals surface area contributed by atoms with Gasteiger partial charge in [0.2, 0.25) is 5.69 Å². The van der Waals surface area contributed by atoms with Gasteiger partial charge in [0.1, 0.15) is 6.29 Å². The molecule has 5 aliphatic rings. The first-order valence-electron chi connectivity index (χ1n) is 13.7. The van der Waals surface area contributed by atoms with Gasteiger partial charge in [-0.2, -0.15) is 4.58 Å². The molecule has 0 fully saturated rings. The predicted octanol–water partition coefficient (Wildman–Crippen LogP) is 5.09. The van der Waals surface area contributed by atoms with Crippen molar-refractivity contribution in [2.75, 3.05) is 24.2 Å². The first-order valence-corrected chi connectivity index (χ1v) is 15.3. The fourth-order valence-corrected chi connectivity index (χ4v) is 8.26. The third kappa shape index (κ3) is 3.16. The van der Waals surface area contributed by atoms with Crippen molar-refractivity contribution in [3.63, 3.8) is 0 Å². The molecule has 0 radical (unpaired) electrons. The third-order valence-corrected chi connectivity index (χ3v) is 10.4. The summed E-state index contributed by atoms with van der Waals surface area (Å²) < 4.78 is 21.7. The van der Waals surface area contributed by atoms with Crippen LogP contribution in [0.4, 0.5) is 11.4 Å². The van der Waals surface area contributed by atoms with Crippen LogP contribution in [0.1, 0.15) is 57.2 Å². The van der Waals surface area contributed by atoms with Gasteiger partial charge in [0.15, 0.2) is 12.3 Å². The number of ether oxygens (including phenoxy) is 1. The first kappa shape index (κ1) is 24.2. The number of aldehydes is 1. The van der Waals surface area contributed by atoms with Crippen molar-refractivity contribution in [1.82, 2.24) is 0 Å². The molecule has 0 aromatic heterocycles. The summed E-state index contributed by atoms with van der Waals surface area (Å²) in [5, 5.41) is 0. The number of rotatable bonds is 3. The van der Waals surface area contributed by atoms with E-state index in [0.717, 1.165) is 42.7 Å². The second kappa shape index (κ2) is 8.09. The van der Waals surface area contributed by atoms with Gasteiger partial charge in [0.25, 0.3) is 0 Å². The maximum Gasteiger partial charge on any atom is 0.209 e. The van der Waals surface area contributed by atoms with E-state index in [4.69, 9.17) is 4.74 Å². The summed E-state index contributed by atoms with van der Waals surface area (Å²) >= 11 is 0. The van der Waals surface area contributed by atoms with Crippen molar-refractivity contribution in [2.24, 2.45) is 0 Å². The summed E-state index contributed by atoms with van der Waals surface area (Å²) in [6.07, 6.45) is 7.80. The van der Waals surface area contributed by atoms with Crippen LogP contribution in [0, 0.1) is 0 Å². The largest absolute Gasteiger partial charge is 0.365 e. The van der Waals surface area contributed by atoms with Crippen molar-refractivity contribution in [2.45, 2.75) is 74.9 Å². The smallest absolute Gasteiger partial charge is 0.209 e. The van der Waals surface area contributed by atoms with Crippen LogP contribution in [-0.4, -0.2) is 52.3 Å². The molecule has 0 saturated heterocycles. The Morgan fingerprint density at radius 1 is 1.05 bits per heavy atom. The third-order valence-electron chi connectivity index (χ3n) is 9.44. The van der Waals surface area contributed by atoms with Gasteiger partial charge in [-0.3, -0.25) is 4.21 Å². The molecule has 7 rings (SSSR count). The minimum Gasteiger partial charge on any atom is -0.365 e. The summed E-state index contributed by atoms with van der Waals surface area (Å²) in [5.41, 5.74) is 11.0. The predicted molar refractivity (Wildman–Crippen MR) is 151 cm³/mol. The Labute approximate surface area is 227 Å². The summed E-state index contributed by atoms with van der Waals surface area (Å²) in [4.78, 5) is 14.6. The van der Waals surface area contributed by atoms with Crippen LogP contribution >= 0.6 is 0 Å². The number of allylic oxidation sites excluding steroid dienone is 1. The molecule has 3 atom stereocenters. The van der Waals surface area contributed by atoms with E-state index >= 15 is 0 Å². The maximum absolute atomic E-state index is 12.3. The number of hydrogen-bond donors (Lipinski definition) is 0. The number of nitrogens with zero attached hydrogens (tertiary/aromatic N) is 2. The van der Waals surface area contributed by atoms with Crippen LogP contribution in [-0.2, 0) is 37.6 Å². The minimum atomic E-state index is -1.01. The fraction of sp³-hybridized carbons (Fsp3) is 0.438. The fourth-order valence-electron chi connectivity index (χ4n) is 7.72.